The topological polar surface area (TPSA) is 75.7 Å². The summed E-state index contributed by atoms with van der Waals surface area (Å²) in [6.45, 7) is 0.911. The van der Waals surface area contributed by atoms with Gasteiger partial charge in [-0.2, -0.15) is 0 Å². The van der Waals surface area contributed by atoms with Crippen LogP contribution >= 0.6 is 22.6 Å². The number of ether oxygens (including phenoxy) is 1. The van der Waals surface area contributed by atoms with E-state index in [0.29, 0.717) is 12.2 Å². The van der Waals surface area contributed by atoms with E-state index in [-0.39, 0.29) is 18.6 Å². The van der Waals surface area contributed by atoms with Gasteiger partial charge in [-0.25, -0.2) is 8.42 Å². The first-order valence-electron chi connectivity index (χ1n) is 6.98. The zero-order valence-corrected chi connectivity index (χ0v) is 15.3. The van der Waals surface area contributed by atoms with Gasteiger partial charge in [-0.3, -0.25) is 9.10 Å². The maximum atomic E-state index is 12.0. The molecule has 6 nitrogen and oxygen atoms in total. The molecule has 0 radical (unpaired) electrons. The van der Waals surface area contributed by atoms with Crippen molar-refractivity contribution in [3.05, 3.63) is 27.8 Å². The highest BCUT2D eigenvalue weighted by atomic mass is 127. The molecule has 1 aliphatic heterocycles. The normalized spacial score (nSPS) is 18.2. The van der Waals surface area contributed by atoms with Gasteiger partial charge in [0.1, 0.15) is 6.54 Å². The van der Waals surface area contributed by atoms with E-state index in [2.05, 4.69) is 27.9 Å². The second-order valence-corrected chi connectivity index (χ2v) is 8.34. The average molecular weight is 438 g/mol. The second-order valence-electron chi connectivity index (χ2n) is 5.19. The molecule has 0 bridgehead atoms. The third-order valence-corrected chi connectivity index (χ3v) is 5.21. The molecule has 0 aromatic heterocycles. The molecule has 1 saturated heterocycles. The largest absolute Gasteiger partial charge is 0.376 e. The summed E-state index contributed by atoms with van der Waals surface area (Å²) in [6, 6.07) is 6.99. The lowest BCUT2D eigenvalue weighted by molar-refractivity contribution is -0.120. The number of hydrogen-bond acceptors (Lipinski definition) is 4. The van der Waals surface area contributed by atoms with E-state index in [9.17, 15) is 13.2 Å². The van der Waals surface area contributed by atoms with Crippen LogP contribution in [0.25, 0.3) is 0 Å². The van der Waals surface area contributed by atoms with Crippen LogP contribution in [0.2, 0.25) is 0 Å². The Hall–Kier alpha value is -0.870. The van der Waals surface area contributed by atoms with Crippen molar-refractivity contribution in [1.29, 1.82) is 0 Å². The van der Waals surface area contributed by atoms with E-state index in [4.69, 9.17) is 4.74 Å². The molecule has 1 fully saturated rings. The van der Waals surface area contributed by atoms with Crippen molar-refractivity contribution in [1.82, 2.24) is 5.32 Å². The summed E-state index contributed by atoms with van der Waals surface area (Å²) >= 11 is 2.14. The predicted molar refractivity (Wildman–Crippen MR) is 93.3 cm³/mol. The Morgan fingerprint density at radius 2 is 2.09 bits per heavy atom. The summed E-state index contributed by atoms with van der Waals surface area (Å²) in [5.74, 6) is -0.334. The van der Waals surface area contributed by atoms with Crippen LogP contribution in [0.3, 0.4) is 0 Å². The third kappa shape index (κ3) is 5.10. The van der Waals surface area contributed by atoms with Crippen molar-refractivity contribution >= 4 is 44.2 Å². The molecule has 2 rings (SSSR count). The molecule has 1 heterocycles. The number of hydrogen-bond donors (Lipinski definition) is 1. The van der Waals surface area contributed by atoms with Gasteiger partial charge in [0.05, 0.1) is 18.0 Å². The zero-order chi connectivity index (χ0) is 16.2. The molecule has 1 aliphatic rings. The molecule has 8 heteroatoms. The highest BCUT2D eigenvalue weighted by molar-refractivity contribution is 14.1. The standard InChI is InChI=1S/C14H19IN2O4S/c1-22(19,20)17(12-6-4-11(15)5-7-12)10-14(18)16-9-13-3-2-8-21-13/h4-7,13H,2-3,8-10H2,1H3,(H,16,18)/t13-/m1/s1. The highest BCUT2D eigenvalue weighted by Gasteiger charge is 2.22. The van der Waals surface area contributed by atoms with Gasteiger partial charge in [0, 0.05) is 16.7 Å². The number of carbonyl (C=O) groups excluding carboxylic acids is 1. The molecule has 22 heavy (non-hydrogen) atoms. The molecule has 122 valence electrons. The van der Waals surface area contributed by atoms with Crippen molar-refractivity contribution in [3.8, 4) is 0 Å². The van der Waals surface area contributed by atoms with E-state index in [1.807, 2.05) is 0 Å². The quantitative estimate of drug-likeness (QED) is 0.681. The number of amides is 1. The molecule has 1 aromatic rings. The molecule has 0 saturated carbocycles. The summed E-state index contributed by atoms with van der Waals surface area (Å²) in [4.78, 5) is 12.0. The number of nitrogens with zero attached hydrogens (tertiary/aromatic N) is 1. The van der Waals surface area contributed by atoms with Crippen LogP contribution in [0.1, 0.15) is 12.8 Å². The molecule has 1 amide bonds. The minimum Gasteiger partial charge on any atom is -0.376 e. The molecule has 1 atom stereocenters. The monoisotopic (exact) mass is 438 g/mol. The number of anilines is 1. The van der Waals surface area contributed by atoms with E-state index >= 15 is 0 Å². The first-order chi connectivity index (χ1) is 10.4. The number of sulfonamides is 1. The van der Waals surface area contributed by atoms with Crippen molar-refractivity contribution in [2.24, 2.45) is 0 Å². The zero-order valence-electron chi connectivity index (χ0n) is 12.3. The van der Waals surface area contributed by atoms with Crippen LogP contribution in [-0.4, -0.2) is 46.4 Å². The maximum Gasteiger partial charge on any atom is 0.240 e. The smallest absolute Gasteiger partial charge is 0.240 e. The van der Waals surface area contributed by atoms with Crippen LogP contribution in [-0.2, 0) is 19.6 Å². The number of halogens is 1. The lowest BCUT2D eigenvalue weighted by Crippen LogP contribution is -2.42. The van der Waals surface area contributed by atoms with Crippen molar-refractivity contribution in [2.75, 3.05) is 30.3 Å². The lowest BCUT2D eigenvalue weighted by Gasteiger charge is -2.22. The minimum atomic E-state index is -3.52. The van der Waals surface area contributed by atoms with Crippen LogP contribution < -0.4 is 9.62 Å². The Morgan fingerprint density at radius 1 is 1.41 bits per heavy atom. The maximum absolute atomic E-state index is 12.0. The summed E-state index contributed by atoms with van der Waals surface area (Å²) in [6.07, 6.45) is 3.05. The number of rotatable bonds is 6. The van der Waals surface area contributed by atoms with Gasteiger partial charge in [0.2, 0.25) is 15.9 Å². The van der Waals surface area contributed by atoms with Crippen LogP contribution in [0.15, 0.2) is 24.3 Å². The highest BCUT2D eigenvalue weighted by Crippen LogP contribution is 2.19. The fourth-order valence-electron chi connectivity index (χ4n) is 2.23. The van der Waals surface area contributed by atoms with Gasteiger partial charge >= 0.3 is 0 Å². The van der Waals surface area contributed by atoms with E-state index in [0.717, 1.165) is 33.6 Å². The summed E-state index contributed by atoms with van der Waals surface area (Å²) in [7, 11) is -3.52. The van der Waals surface area contributed by atoms with Gasteiger partial charge in [-0.05, 0) is 59.7 Å². The molecule has 1 N–H and O–H groups in total. The number of nitrogens with one attached hydrogen (secondary N) is 1. The Bertz CT molecular complexity index is 612. The van der Waals surface area contributed by atoms with E-state index < -0.39 is 10.0 Å². The first kappa shape index (κ1) is 17.5. The first-order valence-corrected chi connectivity index (χ1v) is 9.90. The Labute approximate surface area is 144 Å². The lowest BCUT2D eigenvalue weighted by atomic mass is 10.2. The van der Waals surface area contributed by atoms with Gasteiger partial charge in [-0.1, -0.05) is 0 Å². The fourth-order valence-corrected chi connectivity index (χ4v) is 3.44. The molecule has 0 aliphatic carbocycles. The van der Waals surface area contributed by atoms with Crippen LogP contribution in [0.5, 0.6) is 0 Å². The Balaban J connectivity index is 2.00. The Morgan fingerprint density at radius 3 is 2.64 bits per heavy atom. The molecular weight excluding hydrogens is 419 g/mol. The fraction of sp³-hybridized carbons (Fsp3) is 0.500. The van der Waals surface area contributed by atoms with Crippen molar-refractivity contribution in [2.45, 2.75) is 18.9 Å². The number of carbonyl (C=O) groups is 1. The SMILES string of the molecule is CS(=O)(=O)N(CC(=O)NC[C@H]1CCCO1)c1ccc(I)cc1. The van der Waals surface area contributed by atoms with Crippen molar-refractivity contribution in [3.63, 3.8) is 0 Å². The van der Waals surface area contributed by atoms with E-state index in [1.54, 1.807) is 24.3 Å². The van der Waals surface area contributed by atoms with Crippen molar-refractivity contribution < 1.29 is 17.9 Å². The van der Waals surface area contributed by atoms with Gasteiger partial charge < -0.3 is 10.1 Å². The molecule has 0 spiro atoms. The Kier molecular flexibility index (Phi) is 6.04. The van der Waals surface area contributed by atoms with Gasteiger partial charge in [0.25, 0.3) is 0 Å². The van der Waals surface area contributed by atoms with Gasteiger partial charge in [0.15, 0.2) is 0 Å². The molecular formula is C14H19IN2O4S. The van der Waals surface area contributed by atoms with Crippen LogP contribution in [0.4, 0.5) is 5.69 Å². The van der Waals surface area contributed by atoms with E-state index in [1.165, 1.54) is 0 Å². The van der Waals surface area contributed by atoms with Gasteiger partial charge in [-0.15, -0.1) is 0 Å². The van der Waals surface area contributed by atoms with Crippen LogP contribution in [0, 0.1) is 3.57 Å². The predicted octanol–water partition coefficient (Wildman–Crippen LogP) is 1.35. The molecule has 0 unspecified atom stereocenters. The second kappa shape index (κ2) is 7.60. The molecule has 1 aromatic carbocycles. The summed E-state index contributed by atoms with van der Waals surface area (Å²) in [5.41, 5.74) is 0.482. The third-order valence-electron chi connectivity index (χ3n) is 3.35. The average Bonchev–Trinajstić information content (AvgIpc) is 2.96. The summed E-state index contributed by atoms with van der Waals surface area (Å²) in [5, 5.41) is 2.74. The summed E-state index contributed by atoms with van der Waals surface area (Å²) < 4.78 is 31.4. The minimum absolute atomic E-state index is 0.0361. The number of benzene rings is 1.